The van der Waals surface area contributed by atoms with Gasteiger partial charge in [0.15, 0.2) is 0 Å². The van der Waals surface area contributed by atoms with Gasteiger partial charge in [-0.25, -0.2) is 4.79 Å². The van der Waals surface area contributed by atoms with Crippen LogP contribution >= 0.6 is 0 Å². The van der Waals surface area contributed by atoms with Crippen LogP contribution in [0.15, 0.2) is 18.2 Å². The van der Waals surface area contributed by atoms with Crippen molar-refractivity contribution in [2.45, 2.75) is 83.2 Å². The molecule has 3 aliphatic rings. The largest absolute Gasteiger partial charge is 0.444 e. The summed E-state index contributed by atoms with van der Waals surface area (Å²) in [5.41, 5.74) is 2.88. The van der Waals surface area contributed by atoms with Crippen LogP contribution < -0.4 is 5.32 Å². The van der Waals surface area contributed by atoms with Crippen LogP contribution in [0.2, 0.25) is 0 Å². The molecule has 1 saturated heterocycles. The van der Waals surface area contributed by atoms with Crippen molar-refractivity contribution in [3.8, 4) is 0 Å². The average molecular weight is 399 g/mol. The Bertz CT molecular complexity index is 782. The normalized spacial score (nSPS) is 21.8. The van der Waals surface area contributed by atoms with Crippen molar-refractivity contribution in [2.75, 3.05) is 18.4 Å². The van der Waals surface area contributed by atoms with Crippen molar-refractivity contribution in [2.24, 2.45) is 5.92 Å². The quantitative estimate of drug-likeness (QED) is 0.760. The lowest BCUT2D eigenvalue weighted by atomic mass is 9.68. The fourth-order valence-corrected chi connectivity index (χ4v) is 5.38. The second kappa shape index (κ2) is 7.66. The first-order valence-electron chi connectivity index (χ1n) is 11.2. The molecule has 1 spiro atoms. The molecule has 5 nitrogen and oxygen atoms in total. The molecular formula is C24H34N2O3. The van der Waals surface area contributed by atoms with Gasteiger partial charge in [-0.1, -0.05) is 31.4 Å². The number of piperidine rings is 1. The van der Waals surface area contributed by atoms with Gasteiger partial charge in [0, 0.05) is 18.8 Å². The fourth-order valence-electron chi connectivity index (χ4n) is 5.38. The van der Waals surface area contributed by atoms with Crippen molar-refractivity contribution >= 4 is 17.7 Å². The number of nitrogens with one attached hydrogen (secondary N) is 1. The SMILES string of the molecule is CC(C)(C)OC(=O)N1CCC(Cc2cccc3c2C2(CCCCC2)C(=O)N3)CC1. The predicted octanol–water partition coefficient (Wildman–Crippen LogP) is 5.03. The highest BCUT2D eigenvalue weighted by Crippen LogP contribution is 2.49. The monoisotopic (exact) mass is 398 g/mol. The highest BCUT2D eigenvalue weighted by Gasteiger charge is 2.48. The van der Waals surface area contributed by atoms with Crippen LogP contribution in [-0.4, -0.2) is 35.6 Å². The molecule has 0 radical (unpaired) electrons. The van der Waals surface area contributed by atoms with E-state index in [1.54, 1.807) is 0 Å². The zero-order chi connectivity index (χ0) is 20.6. The van der Waals surface area contributed by atoms with Crippen LogP contribution in [0.1, 0.15) is 76.8 Å². The summed E-state index contributed by atoms with van der Waals surface area (Å²) in [4.78, 5) is 27.1. The molecule has 0 atom stereocenters. The molecule has 1 aromatic rings. The third kappa shape index (κ3) is 4.01. The average Bonchev–Trinajstić information content (AvgIpc) is 2.94. The van der Waals surface area contributed by atoms with Crippen LogP contribution in [-0.2, 0) is 21.4 Å². The van der Waals surface area contributed by atoms with Crippen LogP contribution in [0.4, 0.5) is 10.5 Å². The number of carbonyl (C=O) groups excluding carboxylic acids is 2. The highest BCUT2D eigenvalue weighted by molar-refractivity contribution is 6.06. The van der Waals surface area contributed by atoms with E-state index in [2.05, 4.69) is 23.5 Å². The molecule has 5 heteroatoms. The van der Waals surface area contributed by atoms with Gasteiger partial charge < -0.3 is 15.0 Å². The molecule has 2 heterocycles. The first kappa shape index (κ1) is 20.2. The molecule has 2 fully saturated rings. The third-order valence-electron chi connectivity index (χ3n) is 6.79. The lowest BCUT2D eigenvalue weighted by Crippen LogP contribution is -2.42. The molecule has 0 aromatic heterocycles. The van der Waals surface area contributed by atoms with E-state index < -0.39 is 5.60 Å². The van der Waals surface area contributed by atoms with Gasteiger partial charge in [0.1, 0.15) is 5.60 Å². The fraction of sp³-hybridized carbons (Fsp3) is 0.667. The van der Waals surface area contributed by atoms with Crippen molar-refractivity contribution in [1.29, 1.82) is 0 Å². The lowest BCUT2D eigenvalue weighted by molar-refractivity contribution is -0.121. The number of likely N-dealkylation sites (tertiary alicyclic amines) is 1. The minimum Gasteiger partial charge on any atom is -0.444 e. The molecule has 1 N–H and O–H groups in total. The molecule has 0 bridgehead atoms. The van der Waals surface area contributed by atoms with Gasteiger partial charge in [0.2, 0.25) is 5.91 Å². The Morgan fingerprint density at radius 1 is 1.17 bits per heavy atom. The lowest BCUT2D eigenvalue weighted by Gasteiger charge is -2.35. The van der Waals surface area contributed by atoms with Gasteiger partial charge >= 0.3 is 6.09 Å². The van der Waals surface area contributed by atoms with Crippen molar-refractivity contribution in [3.63, 3.8) is 0 Å². The topological polar surface area (TPSA) is 58.6 Å². The van der Waals surface area contributed by atoms with E-state index in [4.69, 9.17) is 4.74 Å². The Hall–Kier alpha value is -2.04. The number of fused-ring (bicyclic) bond motifs is 2. The number of carbonyl (C=O) groups is 2. The first-order valence-corrected chi connectivity index (χ1v) is 11.2. The number of nitrogens with zero attached hydrogens (tertiary/aromatic N) is 1. The number of ether oxygens (including phenoxy) is 1. The second-order valence-corrected chi connectivity index (χ2v) is 10.1. The van der Waals surface area contributed by atoms with Crippen LogP contribution in [0.25, 0.3) is 0 Å². The summed E-state index contributed by atoms with van der Waals surface area (Å²) >= 11 is 0. The van der Waals surface area contributed by atoms with Crippen LogP contribution in [0, 0.1) is 5.92 Å². The summed E-state index contributed by atoms with van der Waals surface area (Å²) < 4.78 is 5.52. The maximum atomic E-state index is 12.9. The number of amides is 2. The summed E-state index contributed by atoms with van der Waals surface area (Å²) in [7, 11) is 0. The van der Waals surface area contributed by atoms with Gasteiger partial charge in [0.05, 0.1) is 5.41 Å². The standard InChI is InChI=1S/C24H34N2O3/c1-23(2,3)29-22(28)26-14-10-17(11-15-26)16-18-8-7-9-19-20(18)24(21(27)25-19)12-5-4-6-13-24/h7-9,17H,4-6,10-16H2,1-3H3,(H,25,27). The van der Waals surface area contributed by atoms with E-state index in [0.29, 0.717) is 5.92 Å². The highest BCUT2D eigenvalue weighted by atomic mass is 16.6. The Morgan fingerprint density at radius 3 is 2.52 bits per heavy atom. The molecule has 1 aromatic carbocycles. The van der Waals surface area contributed by atoms with Gasteiger partial charge in [-0.3, -0.25) is 4.79 Å². The Labute approximate surface area is 174 Å². The summed E-state index contributed by atoms with van der Waals surface area (Å²) in [5, 5.41) is 3.17. The zero-order valence-electron chi connectivity index (χ0n) is 18.1. The van der Waals surface area contributed by atoms with Crippen molar-refractivity contribution in [1.82, 2.24) is 4.90 Å². The van der Waals surface area contributed by atoms with Crippen LogP contribution in [0.5, 0.6) is 0 Å². The van der Waals surface area contributed by atoms with E-state index in [1.165, 1.54) is 17.5 Å². The van der Waals surface area contributed by atoms with Gasteiger partial charge in [-0.2, -0.15) is 0 Å². The summed E-state index contributed by atoms with van der Waals surface area (Å²) in [6, 6.07) is 6.35. The van der Waals surface area contributed by atoms with E-state index in [1.807, 2.05) is 25.7 Å². The van der Waals surface area contributed by atoms with Gasteiger partial charge in [-0.15, -0.1) is 0 Å². The van der Waals surface area contributed by atoms with Gasteiger partial charge in [0.25, 0.3) is 0 Å². The number of anilines is 1. The molecule has 0 unspecified atom stereocenters. The summed E-state index contributed by atoms with van der Waals surface area (Å²) in [6.07, 6.45) is 8.20. The smallest absolute Gasteiger partial charge is 0.410 e. The van der Waals surface area contributed by atoms with E-state index >= 15 is 0 Å². The maximum Gasteiger partial charge on any atom is 0.410 e. The first-order chi connectivity index (χ1) is 13.8. The van der Waals surface area contributed by atoms with Crippen molar-refractivity contribution in [3.05, 3.63) is 29.3 Å². The van der Waals surface area contributed by atoms with Crippen molar-refractivity contribution < 1.29 is 14.3 Å². The molecule has 2 amide bonds. The van der Waals surface area contributed by atoms with Crippen LogP contribution in [0.3, 0.4) is 0 Å². The molecule has 2 aliphatic heterocycles. The minimum absolute atomic E-state index is 0.201. The maximum absolute atomic E-state index is 12.9. The summed E-state index contributed by atoms with van der Waals surface area (Å²) in [5.74, 6) is 0.746. The predicted molar refractivity (Wildman–Crippen MR) is 114 cm³/mol. The summed E-state index contributed by atoms with van der Waals surface area (Å²) in [6.45, 7) is 7.21. The zero-order valence-corrected chi connectivity index (χ0v) is 18.1. The Balaban J connectivity index is 1.45. The second-order valence-electron chi connectivity index (χ2n) is 10.1. The molecule has 1 saturated carbocycles. The number of rotatable bonds is 2. The molecule has 29 heavy (non-hydrogen) atoms. The van der Waals surface area contributed by atoms with E-state index in [9.17, 15) is 9.59 Å². The number of hydrogen-bond donors (Lipinski definition) is 1. The molecule has 1 aliphatic carbocycles. The minimum atomic E-state index is -0.452. The molecular weight excluding hydrogens is 364 g/mol. The Morgan fingerprint density at radius 2 is 1.86 bits per heavy atom. The number of hydrogen-bond acceptors (Lipinski definition) is 3. The number of benzene rings is 1. The van der Waals surface area contributed by atoms with Gasteiger partial charge in [-0.05, 0) is 76.0 Å². The molecule has 158 valence electrons. The Kier molecular flexibility index (Phi) is 5.34. The van der Waals surface area contributed by atoms with E-state index in [0.717, 1.165) is 63.7 Å². The third-order valence-corrected chi connectivity index (χ3v) is 6.79. The molecule has 4 rings (SSSR count). The van der Waals surface area contributed by atoms with E-state index in [-0.39, 0.29) is 17.4 Å².